The van der Waals surface area contributed by atoms with Crippen LogP contribution in [0.25, 0.3) is 0 Å². The quantitative estimate of drug-likeness (QED) is 0.516. The standard InChI is InChI=1S/C22H34N2O3/c1-17-6-4-11-24(17)12-5-13-26-21-9-7-20(8-10-21)22(25)16-23-14-18(2)27-19(3)15-23/h7-10,17-19H,4-6,11-16H2,1-3H3/t17?,18-,19+. The summed E-state index contributed by atoms with van der Waals surface area (Å²) in [5, 5.41) is 0. The number of rotatable bonds is 8. The van der Waals surface area contributed by atoms with Crippen molar-refractivity contribution in [2.75, 3.05) is 39.3 Å². The van der Waals surface area contributed by atoms with Crippen LogP contribution in [0.3, 0.4) is 0 Å². The molecule has 0 aromatic heterocycles. The molecule has 2 heterocycles. The number of likely N-dealkylation sites (tertiary alicyclic amines) is 1. The molecule has 5 nitrogen and oxygen atoms in total. The maximum Gasteiger partial charge on any atom is 0.176 e. The van der Waals surface area contributed by atoms with Gasteiger partial charge in [0.1, 0.15) is 5.75 Å². The minimum atomic E-state index is 0.158. The number of ether oxygens (including phenoxy) is 2. The highest BCUT2D eigenvalue weighted by molar-refractivity contribution is 5.97. The molecule has 0 amide bonds. The van der Waals surface area contributed by atoms with E-state index in [1.54, 1.807) is 0 Å². The maximum atomic E-state index is 12.5. The molecule has 27 heavy (non-hydrogen) atoms. The molecule has 0 bridgehead atoms. The first-order valence-electron chi connectivity index (χ1n) is 10.4. The summed E-state index contributed by atoms with van der Waals surface area (Å²) in [6, 6.07) is 8.31. The Bertz CT molecular complexity index is 594. The number of hydrogen-bond donors (Lipinski definition) is 0. The summed E-state index contributed by atoms with van der Waals surface area (Å²) >= 11 is 0. The van der Waals surface area contributed by atoms with Gasteiger partial charge in [-0.25, -0.2) is 0 Å². The molecular formula is C22H34N2O3. The summed E-state index contributed by atoms with van der Waals surface area (Å²) in [6.07, 6.45) is 4.04. The van der Waals surface area contributed by atoms with E-state index >= 15 is 0 Å². The van der Waals surface area contributed by atoms with E-state index < -0.39 is 0 Å². The van der Waals surface area contributed by atoms with E-state index in [1.165, 1.54) is 19.4 Å². The fourth-order valence-electron chi connectivity index (χ4n) is 4.23. The zero-order chi connectivity index (χ0) is 19.2. The van der Waals surface area contributed by atoms with Crippen molar-refractivity contribution in [3.05, 3.63) is 29.8 Å². The first-order valence-corrected chi connectivity index (χ1v) is 10.4. The smallest absolute Gasteiger partial charge is 0.176 e. The van der Waals surface area contributed by atoms with Gasteiger partial charge in [0.2, 0.25) is 0 Å². The van der Waals surface area contributed by atoms with Crippen LogP contribution >= 0.6 is 0 Å². The predicted octanol–water partition coefficient (Wildman–Crippen LogP) is 3.23. The Kier molecular flexibility index (Phi) is 7.27. The van der Waals surface area contributed by atoms with Crippen LogP contribution in [0.5, 0.6) is 5.75 Å². The van der Waals surface area contributed by atoms with Gasteiger partial charge >= 0.3 is 0 Å². The van der Waals surface area contributed by atoms with Crippen molar-refractivity contribution in [1.82, 2.24) is 9.80 Å². The van der Waals surface area contributed by atoms with E-state index in [9.17, 15) is 4.79 Å². The molecule has 0 saturated carbocycles. The van der Waals surface area contributed by atoms with Crippen LogP contribution in [0.15, 0.2) is 24.3 Å². The molecule has 0 spiro atoms. The average molecular weight is 375 g/mol. The summed E-state index contributed by atoms with van der Waals surface area (Å²) < 4.78 is 11.6. The first-order chi connectivity index (χ1) is 13.0. The number of morpholine rings is 1. The van der Waals surface area contributed by atoms with Gasteiger partial charge in [-0.05, 0) is 70.8 Å². The minimum Gasteiger partial charge on any atom is -0.494 e. The fraction of sp³-hybridized carbons (Fsp3) is 0.682. The van der Waals surface area contributed by atoms with Gasteiger partial charge in [-0.3, -0.25) is 9.69 Å². The molecule has 3 rings (SSSR count). The van der Waals surface area contributed by atoms with Gasteiger partial charge in [0.25, 0.3) is 0 Å². The lowest BCUT2D eigenvalue weighted by molar-refractivity contribution is -0.0652. The molecule has 1 aromatic rings. The molecule has 150 valence electrons. The largest absolute Gasteiger partial charge is 0.494 e. The molecule has 5 heteroatoms. The lowest BCUT2D eigenvalue weighted by Gasteiger charge is -2.34. The molecule has 2 aliphatic heterocycles. The Morgan fingerprint density at radius 2 is 1.85 bits per heavy atom. The third-order valence-electron chi connectivity index (χ3n) is 5.59. The first kappa shape index (κ1) is 20.3. The summed E-state index contributed by atoms with van der Waals surface area (Å²) in [4.78, 5) is 17.3. The highest BCUT2D eigenvalue weighted by atomic mass is 16.5. The van der Waals surface area contributed by atoms with Crippen LogP contribution in [0.2, 0.25) is 0 Å². The van der Waals surface area contributed by atoms with E-state index in [2.05, 4.69) is 30.6 Å². The highest BCUT2D eigenvalue weighted by Crippen LogP contribution is 2.18. The van der Waals surface area contributed by atoms with Crippen LogP contribution in [0.1, 0.15) is 50.4 Å². The fourth-order valence-corrected chi connectivity index (χ4v) is 4.23. The Balaban J connectivity index is 1.40. The van der Waals surface area contributed by atoms with E-state index in [4.69, 9.17) is 9.47 Å². The molecule has 2 aliphatic rings. The second kappa shape index (κ2) is 9.67. The zero-order valence-corrected chi connectivity index (χ0v) is 17.0. The molecule has 2 saturated heterocycles. The van der Waals surface area contributed by atoms with Crippen LogP contribution in [-0.4, -0.2) is 73.2 Å². The van der Waals surface area contributed by atoms with E-state index in [0.29, 0.717) is 12.6 Å². The zero-order valence-electron chi connectivity index (χ0n) is 17.0. The number of nitrogens with zero attached hydrogens (tertiary/aromatic N) is 2. The van der Waals surface area contributed by atoms with Gasteiger partial charge in [0, 0.05) is 31.2 Å². The lowest BCUT2D eigenvalue weighted by atomic mass is 10.1. The highest BCUT2D eigenvalue weighted by Gasteiger charge is 2.24. The van der Waals surface area contributed by atoms with E-state index in [0.717, 1.165) is 44.0 Å². The molecule has 0 aliphatic carbocycles. The van der Waals surface area contributed by atoms with Gasteiger partial charge in [0.15, 0.2) is 5.78 Å². The molecule has 0 radical (unpaired) electrons. The number of ketones is 1. The summed E-state index contributed by atoms with van der Waals surface area (Å²) in [5.41, 5.74) is 0.750. The normalized spacial score (nSPS) is 27.0. The van der Waals surface area contributed by atoms with E-state index in [-0.39, 0.29) is 18.0 Å². The molecular weight excluding hydrogens is 340 g/mol. The molecule has 1 unspecified atom stereocenters. The van der Waals surface area contributed by atoms with Crippen molar-refractivity contribution in [3.8, 4) is 5.75 Å². The van der Waals surface area contributed by atoms with Crippen LogP contribution < -0.4 is 4.74 Å². The van der Waals surface area contributed by atoms with Gasteiger partial charge in [-0.1, -0.05) is 0 Å². The van der Waals surface area contributed by atoms with Gasteiger partial charge < -0.3 is 14.4 Å². The monoisotopic (exact) mass is 374 g/mol. The topological polar surface area (TPSA) is 42.0 Å². The average Bonchev–Trinajstić information content (AvgIpc) is 3.03. The molecule has 3 atom stereocenters. The maximum absolute atomic E-state index is 12.5. The van der Waals surface area contributed by atoms with Crippen molar-refractivity contribution in [1.29, 1.82) is 0 Å². The number of carbonyl (C=O) groups excluding carboxylic acids is 1. The van der Waals surface area contributed by atoms with Crippen molar-refractivity contribution in [2.45, 2.75) is 58.3 Å². The van der Waals surface area contributed by atoms with Crippen molar-refractivity contribution in [2.24, 2.45) is 0 Å². The minimum absolute atomic E-state index is 0.158. The van der Waals surface area contributed by atoms with Gasteiger partial charge in [0.05, 0.1) is 25.4 Å². The second-order valence-corrected chi connectivity index (χ2v) is 8.13. The van der Waals surface area contributed by atoms with Crippen molar-refractivity contribution >= 4 is 5.78 Å². The molecule has 1 aromatic carbocycles. The third-order valence-corrected chi connectivity index (χ3v) is 5.59. The van der Waals surface area contributed by atoms with Crippen LogP contribution in [-0.2, 0) is 4.74 Å². The Morgan fingerprint density at radius 1 is 1.15 bits per heavy atom. The van der Waals surface area contributed by atoms with Gasteiger partial charge in [-0.15, -0.1) is 0 Å². The van der Waals surface area contributed by atoms with Gasteiger partial charge in [-0.2, -0.15) is 0 Å². The lowest BCUT2D eigenvalue weighted by Crippen LogP contribution is -2.47. The SMILES string of the molecule is CC1CCCN1CCCOc1ccc(C(=O)CN2C[C@@H](C)O[C@@H](C)C2)cc1. The Labute approximate surface area is 163 Å². The Hall–Kier alpha value is -1.43. The van der Waals surface area contributed by atoms with Crippen LogP contribution in [0.4, 0.5) is 0 Å². The van der Waals surface area contributed by atoms with Crippen LogP contribution in [0, 0.1) is 0 Å². The molecule has 2 fully saturated rings. The third kappa shape index (κ3) is 6.03. The second-order valence-electron chi connectivity index (χ2n) is 8.13. The Morgan fingerprint density at radius 3 is 2.48 bits per heavy atom. The summed E-state index contributed by atoms with van der Waals surface area (Å²) in [5.74, 6) is 1.00. The van der Waals surface area contributed by atoms with Crippen molar-refractivity contribution in [3.63, 3.8) is 0 Å². The number of Topliss-reactive ketones (excluding diaryl/α,β-unsaturated/α-hetero) is 1. The predicted molar refractivity (Wildman–Crippen MR) is 108 cm³/mol. The summed E-state index contributed by atoms with van der Waals surface area (Å²) in [6.45, 7) is 11.5. The van der Waals surface area contributed by atoms with E-state index in [1.807, 2.05) is 24.3 Å². The summed E-state index contributed by atoms with van der Waals surface area (Å²) in [7, 11) is 0. The number of carbonyl (C=O) groups is 1. The van der Waals surface area contributed by atoms with Crippen molar-refractivity contribution < 1.29 is 14.3 Å². The molecule has 0 N–H and O–H groups in total. The number of hydrogen-bond acceptors (Lipinski definition) is 5. The number of benzene rings is 1.